The first-order valence-electron chi connectivity index (χ1n) is 8.64. The van der Waals surface area contributed by atoms with Gasteiger partial charge in [-0.2, -0.15) is 0 Å². The summed E-state index contributed by atoms with van der Waals surface area (Å²) in [5, 5.41) is 3.91. The molecule has 0 saturated heterocycles. The Morgan fingerprint density at radius 2 is 2.00 bits per heavy atom. The van der Waals surface area contributed by atoms with E-state index in [9.17, 15) is 9.59 Å². The molecule has 1 atom stereocenters. The zero-order valence-corrected chi connectivity index (χ0v) is 15.3. The van der Waals surface area contributed by atoms with Crippen LogP contribution in [0, 0.1) is 0 Å². The van der Waals surface area contributed by atoms with Crippen LogP contribution < -0.4 is 5.32 Å². The minimum absolute atomic E-state index is 0.313. The number of nitrogens with one attached hydrogen (secondary N) is 1. The molecule has 7 heteroatoms. The molecule has 0 spiro atoms. The first-order valence-corrected chi connectivity index (χ1v) is 8.64. The van der Waals surface area contributed by atoms with E-state index in [1.165, 1.54) is 14.2 Å². The molecule has 2 rings (SSSR count). The lowest BCUT2D eigenvalue weighted by Gasteiger charge is -2.22. The molecule has 1 heterocycles. The van der Waals surface area contributed by atoms with Gasteiger partial charge in [-0.3, -0.25) is 14.4 Å². The second-order valence-corrected chi connectivity index (χ2v) is 5.89. The predicted molar refractivity (Wildman–Crippen MR) is 96.3 cm³/mol. The Labute approximate surface area is 153 Å². The Balaban J connectivity index is 2.22. The molecule has 0 aromatic heterocycles. The summed E-state index contributed by atoms with van der Waals surface area (Å²) in [6.07, 6.45) is 4.80. The monoisotopic (exact) mass is 362 g/mol. The molecule has 1 aliphatic rings. The molecule has 1 aromatic rings. The van der Waals surface area contributed by atoms with Gasteiger partial charge in [0.15, 0.2) is 0 Å². The largest absolute Gasteiger partial charge is 0.377 e. The van der Waals surface area contributed by atoms with Gasteiger partial charge in [0.1, 0.15) is 6.04 Å². The number of nitrogens with zero attached hydrogens (tertiary/aromatic N) is 1. The zero-order chi connectivity index (χ0) is 18.8. The van der Waals surface area contributed by atoms with E-state index in [1.807, 2.05) is 24.3 Å². The molecular weight excluding hydrogens is 336 g/mol. The lowest BCUT2D eigenvalue weighted by atomic mass is 10.1. The van der Waals surface area contributed by atoms with E-state index >= 15 is 0 Å². The third-order valence-electron chi connectivity index (χ3n) is 4.04. The first kappa shape index (κ1) is 20.1. The van der Waals surface area contributed by atoms with Crippen LogP contribution in [0.25, 0.3) is 0 Å². The first-order chi connectivity index (χ1) is 12.6. The van der Waals surface area contributed by atoms with Gasteiger partial charge in [-0.15, -0.1) is 0 Å². The van der Waals surface area contributed by atoms with E-state index in [0.717, 1.165) is 17.0 Å². The number of amides is 2. The second kappa shape index (κ2) is 10.7. The molecule has 0 radical (unpaired) electrons. The Bertz CT molecular complexity index is 632. The molecular formula is C19H26N2O5. The summed E-state index contributed by atoms with van der Waals surface area (Å²) in [5.41, 5.74) is 1.28. The maximum absolute atomic E-state index is 12.7. The van der Waals surface area contributed by atoms with Crippen LogP contribution in [-0.2, 0) is 25.7 Å². The Morgan fingerprint density at radius 3 is 2.81 bits per heavy atom. The van der Waals surface area contributed by atoms with Crippen molar-refractivity contribution >= 4 is 11.8 Å². The topological polar surface area (TPSA) is 77.1 Å². The smallest absolute Gasteiger partial charge is 0.268 e. The molecule has 0 bridgehead atoms. The third kappa shape index (κ3) is 5.94. The lowest BCUT2D eigenvalue weighted by molar-refractivity contribution is -0.170. The number of hydroxylamine groups is 2. The number of likely N-dealkylation sites (N-methyl/N-ethyl adjacent to an activating group) is 1. The number of fused-ring (bicyclic) bond motifs is 1. The Kier molecular flexibility index (Phi) is 8.27. The summed E-state index contributed by atoms with van der Waals surface area (Å²) in [7, 11) is 2.92. The van der Waals surface area contributed by atoms with Crippen molar-refractivity contribution in [1.29, 1.82) is 0 Å². The number of hydrogen-bond acceptors (Lipinski definition) is 5. The highest BCUT2D eigenvalue weighted by molar-refractivity contribution is 5.98. The summed E-state index contributed by atoms with van der Waals surface area (Å²) in [4.78, 5) is 30.2. The van der Waals surface area contributed by atoms with Crippen molar-refractivity contribution in [3.05, 3.63) is 47.5 Å². The van der Waals surface area contributed by atoms with E-state index in [4.69, 9.17) is 14.3 Å². The molecule has 26 heavy (non-hydrogen) atoms. The van der Waals surface area contributed by atoms with Crippen molar-refractivity contribution in [3.63, 3.8) is 0 Å². The third-order valence-corrected chi connectivity index (χ3v) is 4.04. The molecule has 2 amide bonds. The van der Waals surface area contributed by atoms with Gasteiger partial charge in [-0.1, -0.05) is 30.4 Å². The fourth-order valence-electron chi connectivity index (χ4n) is 2.53. The number of carbonyl (C=O) groups excluding carboxylic acids is 2. The van der Waals surface area contributed by atoms with Gasteiger partial charge in [0.25, 0.3) is 11.8 Å². The second-order valence-electron chi connectivity index (χ2n) is 5.89. The van der Waals surface area contributed by atoms with Gasteiger partial charge in [0.2, 0.25) is 0 Å². The summed E-state index contributed by atoms with van der Waals surface area (Å²) < 4.78 is 11.1. The predicted octanol–water partition coefficient (Wildman–Crippen LogP) is 1.69. The summed E-state index contributed by atoms with van der Waals surface area (Å²) in [6.45, 7) is 1.94. The maximum Gasteiger partial charge on any atom is 0.268 e. The summed E-state index contributed by atoms with van der Waals surface area (Å²) in [5.74, 6) is -0.643. The van der Waals surface area contributed by atoms with E-state index in [2.05, 4.69) is 5.32 Å². The average molecular weight is 362 g/mol. The number of hydrogen-bond donors (Lipinski definition) is 1. The standard InChI is InChI=1S/C19H26N2O5/c1-21(24-2)19(23)17-10-5-6-11-25-12-7-13-26-14-15-8-3-4-9-16(15)18(22)20-17/h3-6,8-9,17H,7,10-14H2,1-2H3,(H,20,22)/b6-5-/t17-/m0/s1. The summed E-state index contributed by atoms with van der Waals surface area (Å²) in [6, 6.07) is 6.49. The van der Waals surface area contributed by atoms with Crippen molar-refractivity contribution in [3.8, 4) is 0 Å². The minimum atomic E-state index is -0.734. The Hall–Kier alpha value is -2.22. The SMILES string of the molecule is CON(C)C(=O)[C@@H]1C/C=C\COCCCOCc2ccccc2C(=O)N1. The van der Waals surface area contributed by atoms with Crippen molar-refractivity contribution in [1.82, 2.24) is 10.4 Å². The molecule has 7 nitrogen and oxygen atoms in total. The van der Waals surface area contributed by atoms with Crippen LogP contribution in [0.15, 0.2) is 36.4 Å². The van der Waals surface area contributed by atoms with Crippen LogP contribution in [0.3, 0.4) is 0 Å². The summed E-state index contributed by atoms with van der Waals surface area (Å²) >= 11 is 0. The number of rotatable bonds is 2. The van der Waals surface area contributed by atoms with E-state index < -0.39 is 6.04 Å². The molecule has 0 unspecified atom stereocenters. The van der Waals surface area contributed by atoms with Crippen molar-refractivity contribution in [2.45, 2.75) is 25.5 Å². The zero-order valence-electron chi connectivity index (χ0n) is 15.3. The van der Waals surface area contributed by atoms with Crippen LogP contribution in [0.1, 0.15) is 28.8 Å². The van der Waals surface area contributed by atoms with Crippen LogP contribution in [0.5, 0.6) is 0 Å². The van der Waals surface area contributed by atoms with E-state index in [0.29, 0.717) is 38.4 Å². The van der Waals surface area contributed by atoms with Gasteiger partial charge >= 0.3 is 0 Å². The van der Waals surface area contributed by atoms with Gasteiger partial charge < -0.3 is 14.8 Å². The van der Waals surface area contributed by atoms with Gasteiger partial charge in [-0.05, 0) is 24.5 Å². The van der Waals surface area contributed by atoms with Crippen LogP contribution >= 0.6 is 0 Å². The van der Waals surface area contributed by atoms with Crippen LogP contribution in [0.2, 0.25) is 0 Å². The number of benzene rings is 1. The fourth-order valence-corrected chi connectivity index (χ4v) is 2.53. The highest BCUT2D eigenvalue weighted by atomic mass is 16.7. The quantitative estimate of drug-likeness (QED) is 0.640. The molecule has 1 aliphatic heterocycles. The molecule has 1 N–H and O–H groups in total. The van der Waals surface area contributed by atoms with Crippen molar-refractivity contribution < 1.29 is 23.9 Å². The van der Waals surface area contributed by atoms with Gasteiger partial charge in [-0.25, -0.2) is 5.06 Å². The van der Waals surface area contributed by atoms with Crippen LogP contribution in [-0.4, -0.2) is 56.9 Å². The highest BCUT2D eigenvalue weighted by Crippen LogP contribution is 2.12. The van der Waals surface area contributed by atoms with Crippen molar-refractivity contribution in [2.75, 3.05) is 34.0 Å². The molecule has 0 saturated carbocycles. The minimum Gasteiger partial charge on any atom is -0.377 e. The van der Waals surface area contributed by atoms with Gasteiger partial charge in [0.05, 0.1) is 20.3 Å². The molecule has 1 aromatic carbocycles. The molecule has 0 aliphatic carbocycles. The van der Waals surface area contributed by atoms with Crippen LogP contribution in [0.4, 0.5) is 0 Å². The van der Waals surface area contributed by atoms with E-state index in [1.54, 1.807) is 12.1 Å². The fraction of sp³-hybridized carbons (Fsp3) is 0.474. The average Bonchev–Trinajstić information content (AvgIpc) is 2.67. The number of carbonyl (C=O) groups is 2. The number of ether oxygens (including phenoxy) is 2. The van der Waals surface area contributed by atoms with E-state index in [-0.39, 0.29) is 11.8 Å². The molecule has 0 fully saturated rings. The lowest BCUT2D eigenvalue weighted by Crippen LogP contribution is -2.47. The maximum atomic E-state index is 12.7. The normalized spacial score (nSPS) is 20.8. The highest BCUT2D eigenvalue weighted by Gasteiger charge is 2.24. The van der Waals surface area contributed by atoms with Crippen molar-refractivity contribution in [2.24, 2.45) is 0 Å². The Morgan fingerprint density at radius 1 is 1.23 bits per heavy atom. The van der Waals surface area contributed by atoms with Gasteiger partial charge in [0, 0.05) is 25.8 Å². The molecule has 142 valence electrons.